The van der Waals surface area contributed by atoms with Gasteiger partial charge in [0.05, 0.1) is 5.56 Å². The molecule has 0 aliphatic carbocycles. The number of hydrogen-bond acceptors (Lipinski definition) is 5. The van der Waals surface area contributed by atoms with E-state index in [1.165, 1.54) is 6.07 Å². The van der Waals surface area contributed by atoms with Gasteiger partial charge in [0.1, 0.15) is 5.03 Å². The SMILES string of the molecule is Cc1nc(Sc2ncc(Br)cc2C(=O)O)nc(C)c1C. The summed E-state index contributed by atoms with van der Waals surface area (Å²) in [6.07, 6.45) is 1.56. The van der Waals surface area contributed by atoms with Gasteiger partial charge in [-0.2, -0.15) is 0 Å². The van der Waals surface area contributed by atoms with E-state index >= 15 is 0 Å². The Morgan fingerprint density at radius 1 is 1.25 bits per heavy atom. The maximum atomic E-state index is 11.2. The Morgan fingerprint density at radius 3 is 2.40 bits per heavy atom. The van der Waals surface area contributed by atoms with Gasteiger partial charge in [-0.15, -0.1) is 0 Å². The minimum atomic E-state index is -1.03. The summed E-state index contributed by atoms with van der Waals surface area (Å²) in [6.45, 7) is 5.77. The largest absolute Gasteiger partial charge is 0.478 e. The highest BCUT2D eigenvalue weighted by molar-refractivity contribution is 9.10. The molecule has 20 heavy (non-hydrogen) atoms. The molecule has 0 saturated carbocycles. The van der Waals surface area contributed by atoms with Crippen molar-refractivity contribution in [3.8, 4) is 0 Å². The lowest BCUT2D eigenvalue weighted by molar-refractivity contribution is 0.0692. The number of rotatable bonds is 3. The maximum absolute atomic E-state index is 11.2. The highest BCUT2D eigenvalue weighted by Crippen LogP contribution is 2.28. The van der Waals surface area contributed by atoms with Crippen LogP contribution in [0, 0.1) is 20.8 Å². The molecule has 0 unspecified atom stereocenters. The number of aromatic carboxylic acids is 1. The summed E-state index contributed by atoms with van der Waals surface area (Å²) in [6, 6.07) is 1.52. The van der Waals surface area contributed by atoms with E-state index in [2.05, 4.69) is 30.9 Å². The zero-order valence-corrected chi connectivity index (χ0v) is 13.5. The molecule has 7 heteroatoms. The fourth-order valence-corrected chi connectivity index (χ4v) is 2.77. The topological polar surface area (TPSA) is 76.0 Å². The summed E-state index contributed by atoms with van der Waals surface area (Å²) in [5.41, 5.74) is 2.93. The summed E-state index contributed by atoms with van der Waals surface area (Å²) in [4.78, 5) is 24.1. The first-order valence-corrected chi connectivity index (χ1v) is 7.38. The van der Waals surface area contributed by atoms with E-state index < -0.39 is 5.97 Å². The lowest BCUT2D eigenvalue weighted by Gasteiger charge is -2.08. The Labute approximate surface area is 129 Å². The number of aryl methyl sites for hydroxylation is 2. The molecule has 0 spiro atoms. The minimum absolute atomic E-state index is 0.129. The molecule has 2 aromatic rings. The van der Waals surface area contributed by atoms with Gasteiger partial charge in [-0.3, -0.25) is 0 Å². The number of carbonyl (C=O) groups is 1. The molecular formula is C13H12BrN3O2S. The first-order chi connectivity index (χ1) is 9.38. The number of carboxylic acids is 1. The number of halogens is 1. The zero-order chi connectivity index (χ0) is 14.9. The third-order valence-electron chi connectivity index (χ3n) is 2.85. The molecule has 0 atom stereocenters. The molecule has 0 amide bonds. The average Bonchev–Trinajstić information content (AvgIpc) is 2.37. The van der Waals surface area contributed by atoms with E-state index in [1.54, 1.807) is 6.20 Å². The van der Waals surface area contributed by atoms with Crippen LogP contribution in [0.1, 0.15) is 27.3 Å². The summed E-state index contributed by atoms with van der Waals surface area (Å²) >= 11 is 4.37. The lowest BCUT2D eigenvalue weighted by Crippen LogP contribution is -2.03. The Bertz CT molecular complexity index is 668. The van der Waals surface area contributed by atoms with Crippen molar-refractivity contribution < 1.29 is 9.90 Å². The van der Waals surface area contributed by atoms with E-state index in [4.69, 9.17) is 0 Å². The molecule has 0 aliphatic heterocycles. The average molecular weight is 354 g/mol. The van der Waals surface area contributed by atoms with Gasteiger partial charge in [-0.05, 0) is 60.1 Å². The normalized spacial score (nSPS) is 10.6. The lowest BCUT2D eigenvalue weighted by atomic mass is 10.2. The van der Waals surface area contributed by atoms with Gasteiger partial charge < -0.3 is 5.11 Å². The van der Waals surface area contributed by atoms with E-state index in [0.29, 0.717) is 14.7 Å². The van der Waals surface area contributed by atoms with E-state index in [0.717, 1.165) is 28.7 Å². The molecule has 5 nitrogen and oxygen atoms in total. The summed E-state index contributed by atoms with van der Waals surface area (Å²) in [5, 5.41) is 10.1. The molecular weight excluding hydrogens is 342 g/mol. The quantitative estimate of drug-likeness (QED) is 0.852. The predicted octanol–water partition coefficient (Wildman–Crippen LogP) is 3.41. The number of pyridine rings is 1. The second-order valence-electron chi connectivity index (χ2n) is 4.22. The summed E-state index contributed by atoms with van der Waals surface area (Å²) < 4.78 is 0.622. The third kappa shape index (κ3) is 3.16. The fourth-order valence-electron chi connectivity index (χ4n) is 1.53. The minimum Gasteiger partial charge on any atom is -0.478 e. The van der Waals surface area contributed by atoms with Crippen LogP contribution in [0.2, 0.25) is 0 Å². The molecule has 0 aromatic carbocycles. The van der Waals surface area contributed by atoms with Crippen molar-refractivity contribution in [3.63, 3.8) is 0 Å². The molecule has 0 fully saturated rings. The van der Waals surface area contributed by atoms with Gasteiger partial charge in [0.2, 0.25) is 0 Å². The zero-order valence-electron chi connectivity index (χ0n) is 11.1. The molecule has 1 N–H and O–H groups in total. The molecule has 0 radical (unpaired) electrons. The molecule has 2 aromatic heterocycles. The highest BCUT2D eigenvalue weighted by atomic mass is 79.9. The maximum Gasteiger partial charge on any atom is 0.338 e. The molecule has 2 heterocycles. The Hall–Kier alpha value is -1.47. The van der Waals surface area contributed by atoms with Crippen LogP contribution < -0.4 is 0 Å². The van der Waals surface area contributed by atoms with Crippen LogP contribution in [0.3, 0.4) is 0 Å². The summed E-state index contributed by atoms with van der Waals surface area (Å²) in [5.74, 6) is -1.03. The van der Waals surface area contributed by atoms with Gasteiger partial charge in [0.25, 0.3) is 0 Å². The van der Waals surface area contributed by atoms with Crippen LogP contribution in [0.15, 0.2) is 26.9 Å². The van der Waals surface area contributed by atoms with Crippen molar-refractivity contribution in [2.75, 3.05) is 0 Å². The fraction of sp³-hybridized carbons (Fsp3) is 0.231. The standard InChI is InChI=1S/C13H12BrN3O2S/c1-6-7(2)16-13(17-8(6)3)20-11-10(12(18)19)4-9(14)5-15-11/h4-5H,1-3H3,(H,18,19). The summed E-state index contributed by atoms with van der Waals surface area (Å²) in [7, 11) is 0. The molecule has 0 bridgehead atoms. The number of hydrogen-bond donors (Lipinski definition) is 1. The molecule has 0 saturated heterocycles. The first-order valence-electron chi connectivity index (χ1n) is 5.77. The van der Waals surface area contributed by atoms with E-state index in [-0.39, 0.29) is 5.56 Å². The van der Waals surface area contributed by atoms with Crippen molar-refractivity contribution in [2.45, 2.75) is 31.0 Å². The van der Waals surface area contributed by atoms with E-state index in [1.807, 2.05) is 20.8 Å². The Kier molecular flexibility index (Phi) is 4.39. The molecule has 0 aliphatic rings. The number of aromatic nitrogens is 3. The van der Waals surface area contributed by atoms with Crippen molar-refractivity contribution >= 4 is 33.7 Å². The van der Waals surface area contributed by atoms with Crippen LogP contribution in [0.4, 0.5) is 0 Å². The second kappa shape index (κ2) is 5.88. The van der Waals surface area contributed by atoms with Gasteiger partial charge in [-0.1, -0.05) is 0 Å². The van der Waals surface area contributed by atoms with Crippen LogP contribution in [-0.2, 0) is 0 Å². The predicted molar refractivity (Wildman–Crippen MR) is 79.3 cm³/mol. The Balaban J connectivity index is 2.42. The monoisotopic (exact) mass is 353 g/mol. The highest BCUT2D eigenvalue weighted by Gasteiger charge is 2.15. The van der Waals surface area contributed by atoms with Crippen LogP contribution >= 0.6 is 27.7 Å². The van der Waals surface area contributed by atoms with Gasteiger partial charge >= 0.3 is 5.97 Å². The van der Waals surface area contributed by atoms with E-state index in [9.17, 15) is 9.90 Å². The number of carboxylic acid groups (broad SMARTS) is 1. The van der Waals surface area contributed by atoms with Gasteiger partial charge in [0, 0.05) is 22.1 Å². The second-order valence-corrected chi connectivity index (χ2v) is 6.09. The van der Waals surface area contributed by atoms with Crippen LogP contribution in [0.5, 0.6) is 0 Å². The van der Waals surface area contributed by atoms with Gasteiger partial charge in [0.15, 0.2) is 5.16 Å². The Morgan fingerprint density at radius 2 is 1.85 bits per heavy atom. The van der Waals surface area contributed by atoms with Crippen molar-refractivity contribution in [2.24, 2.45) is 0 Å². The third-order valence-corrected chi connectivity index (χ3v) is 4.17. The van der Waals surface area contributed by atoms with Crippen molar-refractivity contribution in [3.05, 3.63) is 39.3 Å². The smallest absolute Gasteiger partial charge is 0.338 e. The van der Waals surface area contributed by atoms with Gasteiger partial charge in [-0.25, -0.2) is 19.7 Å². The van der Waals surface area contributed by atoms with Crippen molar-refractivity contribution in [1.82, 2.24) is 15.0 Å². The van der Waals surface area contributed by atoms with Crippen LogP contribution in [-0.4, -0.2) is 26.0 Å². The molecule has 104 valence electrons. The van der Waals surface area contributed by atoms with Crippen LogP contribution in [0.25, 0.3) is 0 Å². The molecule has 2 rings (SSSR count). The first kappa shape index (κ1) is 14.9. The number of nitrogens with zero attached hydrogens (tertiary/aromatic N) is 3. The van der Waals surface area contributed by atoms with Crippen molar-refractivity contribution in [1.29, 1.82) is 0 Å².